The van der Waals surface area contributed by atoms with E-state index >= 15 is 0 Å². The summed E-state index contributed by atoms with van der Waals surface area (Å²) in [6.07, 6.45) is -1.78. The smallest absolute Gasteiger partial charge is 0.341 e. The van der Waals surface area contributed by atoms with Gasteiger partial charge in [0.05, 0.1) is 34.9 Å². The van der Waals surface area contributed by atoms with Crippen LogP contribution in [0.15, 0.2) is 16.0 Å². The van der Waals surface area contributed by atoms with Crippen molar-refractivity contribution in [3.05, 3.63) is 11.0 Å². The Morgan fingerprint density at radius 1 is 1.43 bits per heavy atom. The van der Waals surface area contributed by atoms with E-state index in [-0.39, 0.29) is 10.9 Å². The maximum atomic E-state index is 11.4. The minimum atomic E-state index is -1.52. The summed E-state index contributed by atoms with van der Waals surface area (Å²) in [5.74, 6) is -2.04. The molecule has 0 saturated heterocycles. The number of thioether (sulfide) groups is 1. The highest BCUT2D eigenvalue weighted by molar-refractivity contribution is 8.04. The van der Waals surface area contributed by atoms with Crippen LogP contribution in [-0.2, 0) is 9.59 Å². The van der Waals surface area contributed by atoms with Gasteiger partial charge in [0, 0.05) is 6.92 Å². The van der Waals surface area contributed by atoms with E-state index in [0.29, 0.717) is 0 Å². The molecule has 0 saturated carbocycles. The molecule has 0 radical (unpaired) electrons. The Labute approximate surface area is 136 Å². The van der Waals surface area contributed by atoms with Crippen LogP contribution < -0.4 is 16.8 Å². The second-order valence-corrected chi connectivity index (χ2v) is 6.15. The lowest BCUT2D eigenvalue weighted by molar-refractivity contribution is -0.131. The SMILES string of the molecule is CC(=O)N[C@H]1[C@H]([C@H](O)[C@H](O)CO)SC(C(=O)O)=C[C@@H]1N=C(N)N. The first-order valence-electron chi connectivity index (χ1n) is 6.62. The predicted octanol–water partition coefficient (Wildman–Crippen LogP) is -3.07. The van der Waals surface area contributed by atoms with Crippen molar-refractivity contribution in [1.29, 1.82) is 0 Å². The lowest BCUT2D eigenvalue weighted by Gasteiger charge is -2.38. The van der Waals surface area contributed by atoms with Gasteiger partial charge in [0.1, 0.15) is 6.10 Å². The molecule has 1 amide bonds. The minimum absolute atomic E-state index is 0.143. The highest BCUT2D eigenvalue weighted by Crippen LogP contribution is 2.35. The fourth-order valence-electron chi connectivity index (χ4n) is 2.14. The van der Waals surface area contributed by atoms with Crippen LogP contribution in [0.1, 0.15) is 6.92 Å². The van der Waals surface area contributed by atoms with Crippen molar-refractivity contribution in [1.82, 2.24) is 5.32 Å². The topological polar surface area (TPSA) is 191 Å². The summed E-state index contributed by atoms with van der Waals surface area (Å²) in [7, 11) is 0. The van der Waals surface area contributed by atoms with Crippen LogP contribution in [0.3, 0.4) is 0 Å². The van der Waals surface area contributed by atoms with Crippen molar-refractivity contribution >= 4 is 29.6 Å². The van der Waals surface area contributed by atoms with Gasteiger partial charge in [-0.1, -0.05) is 0 Å². The molecule has 9 N–H and O–H groups in total. The number of aliphatic imine (C=N–C) groups is 1. The van der Waals surface area contributed by atoms with Crippen molar-refractivity contribution in [3.8, 4) is 0 Å². The molecule has 0 fully saturated rings. The molecule has 0 bridgehead atoms. The molecule has 0 aromatic rings. The minimum Gasteiger partial charge on any atom is -0.477 e. The molecular weight excluding hydrogens is 328 g/mol. The molecule has 0 spiro atoms. The van der Waals surface area contributed by atoms with Gasteiger partial charge in [0.2, 0.25) is 5.91 Å². The summed E-state index contributed by atoms with van der Waals surface area (Å²) in [6.45, 7) is 0.504. The quantitative estimate of drug-likeness (QED) is 0.193. The van der Waals surface area contributed by atoms with E-state index in [9.17, 15) is 24.9 Å². The summed E-state index contributed by atoms with van der Waals surface area (Å²) in [6, 6.07) is -1.82. The standard InChI is InChI=1S/C12H20N4O6S/c1-4(18)15-8-5(16-12(13)14)2-7(11(21)22)23-10(8)9(20)6(19)3-17/h2,5-6,8-10,17,19-20H,3H2,1H3,(H,15,18)(H,21,22)(H4,13,14,16)/t5-,6+,8+,9+,10+/m0/s1. The van der Waals surface area contributed by atoms with E-state index < -0.39 is 48.0 Å². The van der Waals surface area contributed by atoms with Crippen molar-refractivity contribution < 1.29 is 30.0 Å². The number of carboxylic acids is 1. The molecule has 0 unspecified atom stereocenters. The zero-order valence-corrected chi connectivity index (χ0v) is 13.1. The number of nitrogens with one attached hydrogen (secondary N) is 1. The van der Waals surface area contributed by atoms with Crippen molar-refractivity contribution in [3.63, 3.8) is 0 Å². The fraction of sp³-hybridized carbons (Fsp3) is 0.583. The Kier molecular flexibility index (Phi) is 6.81. The number of carbonyl (C=O) groups is 2. The molecule has 5 atom stereocenters. The average molecular weight is 348 g/mol. The molecule has 1 aliphatic rings. The average Bonchev–Trinajstić information content (AvgIpc) is 2.45. The van der Waals surface area contributed by atoms with E-state index in [1.165, 1.54) is 13.0 Å². The number of aliphatic hydroxyl groups is 3. The molecule has 11 heteroatoms. The molecule has 1 rings (SSSR count). The van der Waals surface area contributed by atoms with E-state index in [1.54, 1.807) is 0 Å². The van der Waals surface area contributed by atoms with Crippen LogP contribution >= 0.6 is 11.8 Å². The summed E-state index contributed by atoms with van der Waals surface area (Å²) < 4.78 is 0. The van der Waals surface area contributed by atoms with Gasteiger partial charge in [-0.15, -0.1) is 11.8 Å². The summed E-state index contributed by atoms with van der Waals surface area (Å²) in [5, 5.41) is 39.5. The maximum Gasteiger partial charge on any atom is 0.341 e. The Balaban J connectivity index is 3.28. The largest absolute Gasteiger partial charge is 0.477 e. The first kappa shape index (κ1) is 19.2. The molecule has 1 heterocycles. The number of guanidine groups is 1. The highest BCUT2D eigenvalue weighted by atomic mass is 32.2. The van der Waals surface area contributed by atoms with Crippen LogP contribution in [0, 0.1) is 0 Å². The van der Waals surface area contributed by atoms with Gasteiger partial charge >= 0.3 is 5.97 Å². The van der Waals surface area contributed by atoms with E-state index in [4.69, 9.17) is 16.6 Å². The van der Waals surface area contributed by atoms with Gasteiger partial charge in [-0.3, -0.25) is 4.79 Å². The lowest BCUT2D eigenvalue weighted by Crippen LogP contribution is -2.57. The van der Waals surface area contributed by atoms with Crippen molar-refractivity contribution in [2.45, 2.75) is 36.5 Å². The van der Waals surface area contributed by atoms with Crippen molar-refractivity contribution in [2.75, 3.05) is 6.61 Å². The van der Waals surface area contributed by atoms with Gasteiger partial charge < -0.3 is 37.2 Å². The number of aliphatic hydroxyl groups excluding tert-OH is 3. The third-order valence-corrected chi connectivity index (χ3v) is 4.51. The molecule has 10 nitrogen and oxygen atoms in total. The van der Waals surface area contributed by atoms with E-state index in [1.807, 2.05) is 0 Å². The van der Waals surface area contributed by atoms with Crippen LogP contribution in [0.2, 0.25) is 0 Å². The molecule has 0 aromatic carbocycles. The number of rotatable bonds is 6. The predicted molar refractivity (Wildman–Crippen MR) is 83.4 cm³/mol. The number of amides is 1. The molecule has 1 aliphatic heterocycles. The Morgan fingerprint density at radius 2 is 2.04 bits per heavy atom. The summed E-state index contributed by atoms with van der Waals surface area (Å²) >= 11 is 0.747. The number of hydrogen-bond donors (Lipinski definition) is 7. The summed E-state index contributed by atoms with van der Waals surface area (Å²) in [4.78, 5) is 26.4. The third-order valence-electron chi connectivity index (χ3n) is 3.10. The third kappa shape index (κ3) is 5.10. The number of hydrogen-bond acceptors (Lipinski definition) is 7. The van der Waals surface area contributed by atoms with E-state index in [2.05, 4.69) is 10.3 Å². The lowest BCUT2D eigenvalue weighted by atomic mass is 9.97. The Hall–Kier alpha value is -1.82. The highest BCUT2D eigenvalue weighted by Gasteiger charge is 2.42. The zero-order valence-electron chi connectivity index (χ0n) is 12.3. The van der Waals surface area contributed by atoms with E-state index in [0.717, 1.165) is 11.8 Å². The number of nitrogens with two attached hydrogens (primary N) is 2. The van der Waals surface area contributed by atoms with Gasteiger partial charge in [-0.25, -0.2) is 9.79 Å². The van der Waals surface area contributed by atoms with Gasteiger partial charge in [0.25, 0.3) is 0 Å². The molecule has 0 aliphatic carbocycles. The Bertz CT molecular complexity index is 522. The zero-order chi connectivity index (χ0) is 17.7. The fourth-order valence-corrected chi connectivity index (χ4v) is 3.44. The molecular formula is C12H20N4O6S. The molecule has 130 valence electrons. The van der Waals surface area contributed by atoms with Gasteiger partial charge in [0.15, 0.2) is 5.96 Å². The van der Waals surface area contributed by atoms with Crippen LogP contribution in [0.25, 0.3) is 0 Å². The van der Waals surface area contributed by atoms with Gasteiger partial charge in [-0.05, 0) is 6.08 Å². The second kappa shape index (κ2) is 8.15. The normalized spacial score (nSPS) is 26.6. The van der Waals surface area contributed by atoms with Crippen LogP contribution in [0.5, 0.6) is 0 Å². The van der Waals surface area contributed by atoms with Crippen LogP contribution in [-0.4, -0.2) is 74.4 Å². The monoisotopic (exact) mass is 348 g/mol. The Morgan fingerprint density at radius 3 is 2.48 bits per heavy atom. The number of carbonyl (C=O) groups excluding carboxylic acids is 1. The number of carboxylic acid groups (broad SMARTS) is 1. The first-order valence-corrected chi connectivity index (χ1v) is 7.50. The van der Waals surface area contributed by atoms with Crippen LogP contribution in [0.4, 0.5) is 0 Å². The molecule has 0 aromatic heterocycles. The summed E-state index contributed by atoms with van der Waals surface area (Å²) in [5.41, 5.74) is 10.7. The maximum absolute atomic E-state index is 11.4. The number of nitrogens with zero attached hydrogens (tertiary/aromatic N) is 1. The first-order chi connectivity index (χ1) is 10.7. The number of aliphatic carboxylic acids is 1. The second-order valence-electron chi connectivity index (χ2n) is 4.93. The molecule has 23 heavy (non-hydrogen) atoms. The van der Waals surface area contributed by atoms with Crippen molar-refractivity contribution in [2.24, 2.45) is 16.5 Å². The van der Waals surface area contributed by atoms with Gasteiger partial charge in [-0.2, -0.15) is 0 Å².